The van der Waals surface area contributed by atoms with E-state index in [1.54, 1.807) is 30.3 Å². The molecule has 5 nitrogen and oxygen atoms in total. The number of anilines is 1. The lowest BCUT2D eigenvalue weighted by molar-refractivity contribution is 0.0771. The minimum absolute atomic E-state index is 0.0307. The van der Waals surface area contributed by atoms with Crippen LogP contribution in [0, 0.1) is 0 Å². The molecule has 0 saturated carbocycles. The van der Waals surface area contributed by atoms with Gasteiger partial charge in [0, 0.05) is 48.6 Å². The van der Waals surface area contributed by atoms with Gasteiger partial charge in [-0.2, -0.15) is 0 Å². The summed E-state index contributed by atoms with van der Waals surface area (Å²) in [4.78, 5) is 17.9. The molecule has 0 aromatic carbocycles. The monoisotopic (exact) mass is 253 g/mol. The van der Waals surface area contributed by atoms with Gasteiger partial charge in [-0.3, -0.25) is 9.00 Å². The average molecular weight is 253 g/mol. The summed E-state index contributed by atoms with van der Waals surface area (Å²) in [5, 5.41) is 2.90. The summed E-state index contributed by atoms with van der Waals surface area (Å²) in [7, 11) is 1.02. The molecule has 2 rings (SSSR count). The fourth-order valence-electron chi connectivity index (χ4n) is 1.69. The smallest absolute Gasteiger partial charge is 0.255 e. The van der Waals surface area contributed by atoms with Crippen LogP contribution in [-0.4, -0.2) is 51.6 Å². The van der Waals surface area contributed by atoms with Crippen molar-refractivity contribution in [2.75, 3.05) is 37.0 Å². The van der Waals surface area contributed by atoms with Gasteiger partial charge >= 0.3 is 0 Å². The number of hydrogen-bond acceptors (Lipinski definition) is 4. The lowest BCUT2D eigenvalue weighted by Crippen LogP contribution is -2.41. The zero-order valence-corrected chi connectivity index (χ0v) is 10.5. The number of rotatable bonds is 2. The summed E-state index contributed by atoms with van der Waals surface area (Å²) in [6.45, 7) is 1.14. The van der Waals surface area contributed by atoms with Gasteiger partial charge in [-0.1, -0.05) is 0 Å². The molecule has 1 aromatic heterocycles. The van der Waals surface area contributed by atoms with Crippen LogP contribution in [0.1, 0.15) is 10.4 Å². The van der Waals surface area contributed by atoms with Crippen molar-refractivity contribution in [3.63, 3.8) is 0 Å². The first-order chi connectivity index (χ1) is 8.20. The van der Waals surface area contributed by atoms with Crippen molar-refractivity contribution in [3.8, 4) is 0 Å². The van der Waals surface area contributed by atoms with Crippen LogP contribution < -0.4 is 5.32 Å². The van der Waals surface area contributed by atoms with Gasteiger partial charge in [0.05, 0.1) is 5.56 Å². The van der Waals surface area contributed by atoms with Crippen LogP contribution >= 0.6 is 0 Å². The van der Waals surface area contributed by atoms with E-state index >= 15 is 0 Å². The normalized spacial score (nSPS) is 16.9. The van der Waals surface area contributed by atoms with E-state index in [1.165, 1.54) is 0 Å². The fourth-order valence-corrected chi connectivity index (χ4v) is 2.74. The highest BCUT2D eigenvalue weighted by atomic mass is 32.2. The van der Waals surface area contributed by atoms with Gasteiger partial charge in [0.1, 0.15) is 5.82 Å². The largest absolute Gasteiger partial charge is 0.373 e. The number of carbonyl (C=O) groups is 1. The second-order valence-electron chi connectivity index (χ2n) is 3.82. The van der Waals surface area contributed by atoms with Crippen molar-refractivity contribution in [1.29, 1.82) is 0 Å². The van der Waals surface area contributed by atoms with Gasteiger partial charge in [0.15, 0.2) is 0 Å². The van der Waals surface area contributed by atoms with Crippen molar-refractivity contribution in [3.05, 3.63) is 23.9 Å². The molecule has 92 valence electrons. The summed E-state index contributed by atoms with van der Waals surface area (Å²) >= 11 is 0. The Hall–Kier alpha value is -1.43. The first kappa shape index (κ1) is 12.0. The number of pyridine rings is 1. The van der Waals surface area contributed by atoms with Crippen molar-refractivity contribution in [1.82, 2.24) is 9.88 Å². The van der Waals surface area contributed by atoms with E-state index < -0.39 is 10.8 Å². The molecule has 1 fully saturated rings. The minimum atomic E-state index is -0.758. The zero-order valence-electron chi connectivity index (χ0n) is 9.68. The van der Waals surface area contributed by atoms with Crippen LogP contribution in [0.15, 0.2) is 18.3 Å². The Balaban J connectivity index is 2.05. The maximum absolute atomic E-state index is 12.1. The Morgan fingerprint density at radius 1 is 1.41 bits per heavy atom. The topological polar surface area (TPSA) is 62.3 Å². The van der Waals surface area contributed by atoms with Crippen LogP contribution in [-0.2, 0) is 10.8 Å². The lowest BCUT2D eigenvalue weighted by atomic mass is 10.2. The molecule has 17 heavy (non-hydrogen) atoms. The Bertz CT molecular complexity index is 423. The SMILES string of the molecule is CNc1ccc(C(=O)N2CCS(=O)CC2)cn1. The van der Waals surface area contributed by atoms with Crippen molar-refractivity contribution < 1.29 is 9.00 Å². The molecular weight excluding hydrogens is 238 g/mol. The standard InChI is InChI=1S/C11H15N3O2S/c1-12-10-3-2-9(8-13-10)11(15)14-4-6-17(16)7-5-14/h2-3,8H,4-7H2,1H3,(H,12,13). The highest BCUT2D eigenvalue weighted by Crippen LogP contribution is 2.09. The number of nitrogens with zero attached hydrogens (tertiary/aromatic N) is 2. The quantitative estimate of drug-likeness (QED) is 0.825. The molecule has 1 saturated heterocycles. The molecule has 0 aliphatic carbocycles. The van der Waals surface area contributed by atoms with E-state index in [9.17, 15) is 9.00 Å². The third kappa shape index (κ3) is 2.82. The van der Waals surface area contributed by atoms with Gasteiger partial charge in [-0.05, 0) is 12.1 Å². The van der Waals surface area contributed by atoms with Gasteiger partial charge in [0.25, 0.3) is 5.91 Å². The summed E-state index contributed by atoms with van der Waals surface area (Å²) in [5.41, 5.74) is 0.580. The molecule has 0 spiro atoms. The Kier molecular flexibility index (Phi) is 3.73. The third-order valence-corrected chi connectivity index (χ3v) is 4.01. The van der Waals surface area contributed by atoms with Crippen LogP contribution in [0.4, 0.5) is 5.82 Å². The molecule has 0 radical (unpaired) electrons. The molecule has 0 unspecified atom stereocenters. The zero-order chi connectivity index (χ0) is 12.3. The van der Waals surface area contributed by atoms with Crippen LogP contribution in [0.2, 0.25) is 0 Å². The summed E-state index contributed by atoms with van der Waals surface area (Å²) in [6, 6.07) is 3.53. The van der Waals surface area contributed by atoms with Crippen LogP contribution in [0.25, 0.3) is 0 Å². The van der Waals surface area contributed by atoms with E-state index in [0.29, 0.717) is 30.2 Å². The maximum atomic E-state index is 12.1. The molecule has 6 heteroatoms. The van der Waals surface area contributed by atoms with Gasteiger partial charge < -0.3 is 10.2 Å². The highest BCUT2D eigenvalue weighted by Gasteiger charge is 2.21. The van der Waals surface area contributed by atoms with Crippen molar-refractivity contribution in [2.24, 2.45) is 0 Å². The number of carbonyl (C=O) groups excluding carboxylic acids is 1. The first-order valence-corrected chi connectivity index (χ1v) is 6.97. The number of nitrogens with one attached hydrogen (secondary N) is 1. The molecule has 0 atom stereocenters. The minimum Gasteiger partial charge on any atom is -0.373 e. The number of amides is 1. The Morgan fingerprint density at radius 3 is 2.65 bits per heavy atom. The summed E-state index contributed by atoms with van der Waals surface area (Å²) in [5.74, 6) is 1.86. The maximum Gasteiger partial charge on any atom is 0.255 e. The van der Waals surface area contributed by atoms with E-state index in [0.717, 1.165) is 5.82 Å². The summed E-state index contributed by atoms with van der Waals surface area (Å²) < 4.78 is 11.2. The van der Waals surface area contributed by atoms with Crippen LogP contribution in [0.5, 0.6) is 0 Å². The second-order valence-corrected chi connectivity index (χ2v) is 5.52. The molecule has 1 aliphatic heterocycles. The number of hydrogen-bond donors (Lipinski definition) is 1. The molecule has 2 heterocycles. The first-order valence-electron chi connectivity index (χ1n) is 5.49. The third-order valence-electron chi connectivity index (χ3n) is 2.73. The van der Waals surface area contributed by atoms with Crippen molar-refractivity contribution >= 4 is 22.5 Å². The molecule has 1 aliphatic rings. The Labute approximate surface area is 103 Å². The molecular formula is C11H15N3O2S. The van der Waals surface area contributed by atoms with E-state index in [2.05, 4.69) is 10.3 Å². The molecule has 1 amide bonds. The van der Waals surface area contributed by atoms with E-state index in [4.69, 9.17) is 0 Å². The average Bonchev–Trinajstić information content (AvgIpc) is 2.39. The van der Waals surface area contributed by atoms with Crippen molar-refractivity contribution in [2.45, 2.75) is 0 Å². The Morgan fingerprint density at radius 2 is 2.12 bits per heavy atom. The van der Waals surface area contributed by atoms with Gasteiger partial charge in [0.2, 0.25) is 0 Å². The number of aromatic nitrogens is 1. The predicted octanol–water partition coefficient (Wildman–Crippen LogP) is 0.328. The van der Waals surface area contributed by atoms with Crippen LogP contribution in [0.3, 0.4) is 0 Å². The molecule has 1 N–H and O–H groups in total. The van der Waals surface area contributed by atoms with Gasteiger partial charge in [-0.15, -0.1) is 0 Å². The molecule has 0 bridgehead atoms. The lowest BCUT2D eigenvalue weighted by Gasteiger charge is -2.26. The van der Waals surface area contributed by atoms with E-state index in [-0.39, 0.29) is 5.91 Å². The highest BCUT2D eigenvalue weighted by molar-refractivity contribution is 7.85. The van der Waals surface area contributed by atoms with Gasteiger partial charge in [-0.25, -0.2) is 4.98 Å². The van der Waals surface area contributed by atoms with E-state index in [1.807, 2.05) is 0 Å². The second kappa shape index (κ2) is 5.27. The molecule has 1 aromatic rings. The fraction of sp³-hybridized carbons (Fsp3) is 0.455. The predicted molar refractivity (Wildman–Crippen MR) is 67.6 cm³/mol. The summed E-state index contributed by atoms with van der Waals surface area (Å²) in [6.07, 6.45) is 1.57.